The van der Waals surface area contributed by atoms with Crippen molar-refractivity contribution in [3.05, 3.63) is 280 Å². The highest BCUT2D eigenvalue weighted by molar-refractivity contribution is 9.11. The van der Waals surface area contributed by atoms with Crippen molar-refractivity contribution in [2.24, 2.45) is 0 Å². The van der Waals surface area contributed by atoms with E-state index in [2.05, 4.69) is 106 Å². The zero-order valence-electron chi connectivity index (χ0n) is 39.4. The zero-order valence-corrected chi connectivity index (χ0v) is 45.7. The Bertz CT molecular complexity index is 3460. The molecule has 0 spiro atoms. The Morgan fingerprint density at radius 3 is 0.757 bits per heavy atom. The van der Waals surface area contributed by atoms with Crippen LogP contribution in [0.1, 0.15) is 0 Å². The standard InChI is InChI=1S/C30H22BrNO2S.C18H16BNO2.C12H8Br2O2S/c31-25-15-21-30(22-16-25)35(33,34)29-19-13-24(14-20-29)23-11-17-28(18-12-23)32(26-7-3-1-4-8-26)27-9-5-2-6-10-27;21-19(22)15-11-13-18(14-12-15)20(16-7-3-1-4-8-16)17-9-5-2-6-10-17;13-9-1-5-11(6-2-9)17(15,16)12-7-3-10(14)4-8-12/h1-22H;1-14,21-22H;1-8H. The molecule has 0 aliphatic heterocycles. The third kappa shape index (κ3) is 13.4. The van der Waals surface area contributed by atoms with Gasteiger partial charge in [-0.15, -0.1) is 0 Å². The van der Waals surface area contributed by atoms with Gasteiger partial charge in [-0.3, -0.25) is 0 Å². The van der Waals surface area contributed by atoms with Gasteiger partial charge in [0.25, 0.3) is 0 Å². The molecule has 0 fully saturated rings. The Morgan fingerprint density at radius 2 is 0.500 bits per heavy atom. The van der Waals surface area contributed by atoms with Crippen molar-refractivity contribution in [2.45, 2.75) is 19.6 Å². The quantitative estimate of drug-likeness (QED) is 0.116. The lowest BCUT2D eigenvalue weighted by Gasteiger charge is -2.25. The van der Waals surface area contributed by atoms with Gasteiger partial charge in [0.2, 0.25) is 19.7 Å². The zero-order chi connectivity index (χ0) is 52.1. The van der Waals surface area contributed by atoms with Gasteiger partial charge in [-0.2, -0.15) is 0 Å². The first-order valence-electron chi connectivity index (χ1n) is 23.0. The fourth-order valence-corrected chi connectivity index (χ4v) is 11.1. The van der Waals surface area contributed by atoms with Gasteiger partial charge in [-0.05, 0) is 174 Å². The highest BCUT2D eigenvalue weighted by Crippen LogP contribution is 2.37. The van der Waals surface area contributed by atoms with E-state index in [0.29, 0.717) is 15.3 Å². The maximum Gasteiger partial charge on any atom is 0.488 e. The number of halogens is 3. The second-order valence-electron chi connectivity index (χ2n) is 16.4. The minimum absolute atomic E-state index is 0.277. The summed E-state index contributed by atoms with van der Waals surface area (Å²) in [5, 5.41) is 18.5. The molecule has 0 atom stereocenters. The summed E-state index contributed by atoms with van der Waals surface area (Å²) >= 11 is 9.90. The highest BCUT2D eigenvalue weighted by Gasteiger charge is 2.20. The summed E-state index contributed by atoms with van der Waals surface area (Å²) in [6.45, 7) is 0. The molecule has 0 bridgehead atoms. The van der Waals surface area contributed by atoms with E-state index in [1.165, 1.54) is 0 Å². The molecule has 14 heteroatoms. The molecule has 8 nitrogen and oxygen atoms in total. The van der Waals surface area contributed by atoms with Gasteiger partial charge >= 0.3 is 7.12 Å². The molecule has 74 heavy (non-hydrogen) atoms. The van der Waals surface area contributed by atoms with E-state index in [4.69, 9.17) is 0 Å². The maximum atomic E-state index is 13.0. The monoisotopic (exact) mass is 1200 g/mol. The summed E-state index contributed by atoms with van der Waals surface area (Å²) in [6.07, 6.45) is 0. The molecule has 0 heterocycles. The lowest BCUT2D eigenvalue weighted by atomic mass is 9.80. The van der Waals surface area contributed by atoms with Crippen LogP contribution in [0.2, 0.25) is 0 Å². The Hall–Kier alpha value is -6.88. The molecule has 368 valence electrons. The van der Waals surface area contributed by atoms with E-state index in [0.717, 1.165) is 58.7 Å². The fraction of sp³-hybridized carbons (Fsp3) is 0. The lowest BCUT2D eigenvalue weighted by molar-refractivity contribution is 0.426. The number of anilines is 6. The predicted molar refractivity (Wildman–Crippen MR) is 311 cm³/mol. The van der Waals surface area contributed by atoms with Crippen molar-refractivity contribution >= 4 is 114 Å². The van der Waals surface area contributed by atoms with Gasteiger partial charge in [0, 0.05) is 47.5 Å². The van der Waals surface area contributed by atoms with Crippen molar-refractivity contribution in [2.75, 3.05) is 9.80 Å². The first-order valence-corrected chi connectivity index (χ1v) is 28.4. The number of rotatable bonds is 12. The second-order valence-corrected chi connectivity index (χ2v) is 23.1. The minimum Gasteiger partial charge on any atom is -0.423 e. The largest absolute Gasteiger partial charge is 0.488 e. The molecule has 0 saturated heterocycles. The molecule has 0 saturated carbocycles. The Labute approximate surface area is 458 Å². The topological polar surface area (TPSA) is 115 Å². The maximum absolute atomic E-state index is 13.0. The summed E-state index contributed by atoms with van der Waals surface area (Å²) in [4.78, 5) is 5.47. The molecule has 10 aromatic carbocycles. The molecule has 10 aromatic rings. The van der Waals surface area contributed by atoms with Crippen molar-refractivity contribution < 1.29 is 26.9 Å². The van der Waals surface area contributed by atoms with E-state index in [1.807, 2.05) is 121 Å². The highest BCUT2D eigenvalue weighted by atomic mass is 79.9. The van der Waals surface area contributed by atoms with Crippen molar-refractivity contribution in [3.8, 4) is 11.1 Å². The SMILES string of the molecule is O=S(=O)(c1ccc(Br)cc1)c1ccc(-c2ccc(N(c3ccccc3)c3ccccc3)cc2)cc1.O=S(=O)(c1ccc(Br)cc1)c1ccc(Br)cc1.OB(O)c1ccc(N(c2ccccc2)c2ccccc2)cc1. The number of nitrogens with zero attached hydrogens (tertiary/aromatic N) is 2. The number of hydrogen-bond acceptors (Lipinski definition) is 8. The number of sulfone groups is 2. The van der Waals surface area contributed by atoms with Crippen LogP contribution >= 0.6 is 47.8 Å². The molecular weight excluding hydrogens is 1160 g/mol. The summed E-state index contributed by atoms with van der Waals surface area (Å²) in [5.41, 5.74) is 8.70. The first-order chi connectivity index (χ1) is 35.8. The normalized spacial score (nSPS) is 11.0. The molecule has 0 aromatic heterocycles. The van der Waals surface area contributed by atoms with Crippen molar-refractivity contribution in [1.29, 1.82) is 0 Å². The van der Waals surface area contributed by atoms with E-state index in [-0.39, 0.29) is 9.79 Å². The van der Waals surface area contributed by atoms with Crippen LogP contribution in [-0.2, 0) is 19.7 Å². The van der Waals surface area contributed by atoms with Crippen LogP contribution in [0.3, 0.4) is 0 Å². The summed E-state index contributed by atoms with van der Waals surface area (Å²) in [5.74, 6) is 0. The van der Waals surface area contributed by atoms with Crippen LogP contribution in [0.4, 0.5) is 34.1 Å². The van der Waals surface area contributed by atoms with Crippen LogP contribution in [0.5, 0.6) is 0 Å². The molecule has 0 aliphatic carbocycles. The van der Waals surface area contributed by atoms with Gasteiger partial charge in [-0.1, -0.05) is 157 Å². The summed E-state index contributed by atoms with van der Waals surface area (Å²) < 4.78 is 52.9. The van der Waals surface area contributed by atoms with E-state index >= 15 is 0 Å². The Kier molecular flexibility index (Phi) is 18.0. The van der Waals surface area contributed by atoms with Gasteiger partial charge in [-0.25, -0.2) is 16.8 Å². The van der Waals surface area contributed by atoms with Gasteiger partial charge in [0.1, 0.15) is 0 Å². The first kappa shape index (κ1) is 53.4. The predicted octanol–water partition coefficient (Wildman–Crippen LogP) is 15.3. The number of para-hydroxylation sites is 4. The minimum atomic E-state index is -3.56. The molecule has 2 N–H and O–H groups in total. The lowest BCUT2D eigenvalue weighted by Crippen LogP contribution is -2.29. The molecule has 0 radical (unpaired) electrons. The van der Waals surface area contributed by atoms with E-state index in [9.17, 15) is 26.9 Å². The Morgan fingerprint density at radius 1 is 0.284 bits per heavy atom. The van der Waals surface area contributed by atoms with Crippen molar-refractivity contribution in [1.82, 2.24) is 0 Å². The van der Waals surface area contributed by atoms with Crippen LogP contribution in [0, 0.1) is 0 Å². The smallest absolute Gasteiger partial charge is 0.423 e. The summed E-state index contributed by atoms with van der Waals surface area (Å²) in [6, 6.07) is 83.1. The van der Waals surface area contributed by atoms with Gasteiger partial charge in [0.15, 0.2) is 0 Å². The molecule has 0 aliphatic rings. The van der Waals surface area contributed by atoms with Crippen LogP contribution in [0.25, 0.3) is 11.1 Å². The second kappa shape index (κ2) is 24.9. The average molecular weight is 1210 g/mol. The third-order valence-corrected chi connectivity index (χ3v) is 16.7. The number of hydrogen-bond donors (Lipinski definition) is 2. The van der Waals surface area contributed by atoms with Crippen LogP contribution in [0.15, 0.2) is 300 Å². The van der Waals surface area contributed by atoms with Gasteiger partial charge in [0.05, 0.1) is 19.6 Å². The van der Waals surface area contributed by atoms with E-state index < -0.39 is 26.8 Å². The molecule has 10 rings (SSSR count). The summed E-state index contributed by atoms with van der Waals surface area (Å²) in [7, 11) is -8.42. The fourth-order valence-electron chi connectivity index (χ4n) is 7.74. The van der Waals surface area contributed by atoms with E-state index in [1.54, 1.807) is 97.1 Å². The van der Waals surface area contributed by atoms with Crippen LogP contribution < -0.4 is 15.3 Å². The third-order valence-electron chi connectivity index (χ3n) is 11.5. The molecular formula is C60H46BBr3N2O6S2. The van der Waals surface area contributed by atoms with Crippen molar-refractivity contribution in [3.63, 3.8) is 0 Å². The number of benzene rings is 10. The molecule has 0 unspecified atom stereocenters. The average Bonchev–Trinajstić information content (AvgIpc) is 3.43. The van der Waals surface area contributed by atoms with Crippen LogP contribution in [-0.4, -0.2) is 34.0 Å². The van der Waals surface area contributed by atoms with Gasteiger partial charge < -0.3 is 19.8 Å². The molecule has 0 amide bonds. The Balaban J connectivity index is 0.000000160.